The molecule has 0 saturated carbocycles. The number of anilines is 2. The van der Waals surface area contributed by atoms with Crippen molar-refractivity contribution in [3.63, 3.8) is 0 Å². The first-order valence-electron chi connectivity index (χ1n) is 5.55. The van der Waals surface area contributed by atoms with Gasteiger partial charge >= 0.3 is 0 Å². The Balaban J connectivity index is 2.35. The molecule has 3 nitrogen and oxygen atoms in total. The van der Waals surface area contributed by atoms with Crippen LogP contribution in [-0.4, -0.2) is 7.11 Å². The Hall–Kier alpha value is -1.03. The van der Waals surface area contributed by atoms with Gasteiger partial charge in [0.2, 0.25) is 0 Å². The fourth-order valence-corrected chi connectivity index (χ4v) is 3.34. The Kier molecular flexibility index (Phi) is 5.08. The van der Waals surface area contributed by atoms with Gasteiger partial charge in [-0.1, -0.05) is 0 Å². The van der Waals surface area contributed by atoms with E-state index in [1.54, 1.807) is 13.2 Å². The number of rotatable bonds is 3. The standard InChI is InChI=1S/C14H9Br3N2O/c1-20-14-6-13(11(16)5-12(14)17)19-9-3-2-8(7-18)10(15)4-9/h2-6,19H,1H3. The minimum absolute atomic E-state index is 0.600. The summed E-state index contributed by atoms with van der Waals surface area (Å²) in [5.74, 6) is 0.739. The van der Waals surface area contributed by atoms with Gasteiger partial charge < -0.3 is 10.1 Å². The minimum Gasteiger partial charge on any atom is -0.495 e. The quantitative estimate of drug-likeness (QED) is 0.648. The second-order valence-corrected chi connectivity index (χ2v) is 6.46. The van der Waals surface area contributed by atoms with Crippen LogP contribution in [0.15, 0.2) is 43.7 Å². The molecule has 0 bridgehead atoms. The molecular formula is C14H9Br3N2O. The van der Waals surface area contributed by atoms with Crippen LogP contribution < -0.4 is 10.1 Å². The monoisotopic (exact) mass is 458 g/mol. The number of nitrogens with one attached hydrogen (secondary N) is 1. The molecule has 2 aromatic rings. The number of ether oxygens (including phenoxy) is 1. The zero-order valence-electron chi connectivity index (χ0n) is 10.4. The molecule has 0 heterocycles. The number of nitriles is 1. The molecule has 2 rings (SSSR count). The van der Waals surface area contributed by atoms with E-state index in [0.29, 0.717) is 5.56 Å². The molecule has 0 spiro atoms. The van der Waals surface area contributed by atoms with E-state index in [0.717, 1.165) is 30.5 Å². The molecular weight excluding hydrogens is 452 g/mol. The summed E-state index contributed by atoms with van der Waals surface area (Å²) in [5, 5.41) is 12.2. The van der Waals surface area contributed by atoms with E-state index in [1.807, 2.05) is 24.3 Å². The van der Waals surface area contributed by atoms with Crippen LogP contribution in [0.4, 0.5) is 11.4 Å². The summed E-state index contributed by atoms with van der Waals surface area (Å²) in [6.07, 6.45) is 0. The smallest absolute Gasteiger partial charge is 0.135 e. The summed E-state index contributed by atoms with van der Waals surface area (Å²) in [6, 6.07) is 11.4. The van der Waals surface area contributed by atoms with Crippen LogP contribution in [0.1, 0.15) is 5.56 Å². The van der Waals surface area contributed by atoms with Gasteiger partial charge in [-0.3, -0.25) is 0 Å². The van der Waals surface area contributed by atoms with E-state index >= 15 is 0 Å². The lowest BCUT2D eigenvalue weighted by molar-refractivity contribution is 0.412. The predicted octanol–water partition coefficient (Wildman–Crippen LogP) is 5.60. The molecule has 0 fully saturated rings. The molecule has 6 heteroatoms. The maximum Gasteiger partial charge on any atom is 0.135 e. The average molecular weight is 461 g/mol. The maximum atomic E-state index is 8.91. The third-order valence-corrected chi connectivity index (χ3v) is 4.54. The molecule has 0 amide bonds. The number of benzene rings is 2. The molecule has 0 aliphatic rings. The fraction of sp³-hybridized carbons (Fsp3) is 0.0714. The van der Waals surface area contributed by atoms with Gasteiger partial charge in [-0.05, 0) is 72.1 Å². The Morgan fingerprint density at radius 3 is 2.40 bits per heavy atom. The van der Waals surface area contributed by atoms with Crippen LogP contribution >= 0.6 is 47.8 Å². The molecule has 0 atom stereocenters. The topological polar surface area (TPSA) is 45.0 Å². The first kappa shape index (κ1) is 15.4. The Morgan fingerprint density at radius 2 is 1.80 bits per heavy atom. The van der Waals surface area contributed by atoms with Crippen molar-refractivity contribution in [3.05, 3.63) is 49.3 Å². The first-order chi connectivity index (χ1) is 9.55. The zero-order valence-corrected chi connectivity index (χ0v) is 15.1. The van der Waals surface area contributed by atoms with Gasteiger partial charge in [-0.25, -0.2) is 0 Å². The van der Waals surface area contributed by atoms with Crippen molar-refractivity contribution in [2.45, 2.75) is 0 Å². The van der Waals surface area contributed by atoms with E-state index in [4.69, 9.17) is 10.00 Å². The summed E-state index contributed by atoms with van der Waals surface area (Å²) < 4.78 is 7.81. The number of nitrogens with zero attached hydrogens (tertiary/aromatic N) is 1. The van der Waals surface area contributed by atoms with Gasteiger partial charge in [0, 0.05) is 20.7 Å². The van der Waals surface area contributed by atoms with Crippen molar-refractivity contribution in [1.29, 1.82) is 5.26 Å². The van der Waals surface area contributed by atoms with Crippen molar-refractivity contribution in [2.75, 3.05) is 12.4 Å². The van der Waals surface area contributed by atoms with Crippen LogP contribution in [0, 0.1) is 11.3 Å². The summed E-state index contributed by atoms with van der Waals surface area (Å²) in [7, 11) is 1.62. The maximum absolute atomic E-state index is 8.91. The number of methoxy groups -OCH3 is 1. The van der Waals surface area contributed by atoms with Gasteiger partial charge in [0.05, 0.1) is 22.8 Å². The molecule has 0 aliphatic carbocycles. The molecule has 102 valence electrons. The van der Waals surface area contributed by atoms with Crippen LogP contribution in [0.3, 0.4) is 0 Å². The molecule has 20 heavy (non-hydrogen) atoms. The van der Waals surface area contributed by atoms with Crippen molar-refractivity contribution in [1.82, 2.24) is 0 Å². The third kappa shape index (κ3) is 3.35. The lowest BCUT2D eigenvalue weighted by atomic mass is 10.2. The lowest BCUT2D eigenvalue weighted by Gasteiger charge is -2.12. The average Bonchev–Trinajstić information content (AvgIpc) is 2.42. The second kappa shape index (κ2) is 6.61. The first-order valence-corrected chi connectivity index (χ1v) is 7.92. The second-order valence-electron chi connectivity index (χ2n) is 3.90. The molecule has 0 aromatic heterocycles. The SMILES string of the molecule is COc1cc(Nc2ccc(C#N)c(Br)c2)c(Br)cc1Br. The van der Waals surface area contributed by atoms with Crippen molar-refractivity contribution < 1.29 is 4.74 Å². The highest BCUT2D eigenvalue weighted by molar-refractivity contribution is 9.11. The Labute approximate surface area is 142 Å². The summed E-state index contributed by atoms with van der Waals surface area (Å²) in [4.78, 5) is 0. The van der Waals surface area contributed by atoms with E-state index in [2.05, 4.69) is 59.2 Å². The minimum atomic E-state index is 0.600. The van der Waals surface area contributed by atoms with Crippen molar-refractivity contribution >= 4 is 59.2 Å². The molecule has 2 aromatic carbocycles. The van der Waals surface area contributed by atoms with Gasteiger partial charge in [-0.2, -0.15) is 5.26 Å². The number of hydrogen-bond acceptors (Lipinski definition) is 3. The Morgan fingerprint density at radius 1 is 1.05 bits per heavy atom. The van der Waals surface area contributed by atoms with Crippen molar-refractivity contribution in [2.24, 2.45) is 0 Å². The van der Waals surface area contributed by atoms with E-state index in [1.165, 1.54) is 0 Å². The highest BCUT2D eigenvalue weighted by atomic mass is 79.9. The van der Waals surface area contributed by atoms with E-state index in [9.17, 15) is 0 Å². The van der Waals surface area contributed by atoms with Crippen LogP contribution in [0.5, 0.6) is 5.75 Å². The molecule has 0 aliphatic heterocycles. The molecule has 0 saturated heterocycles. The lowest BCUT2D eigenvalue weighted by Crippen LogP contribution is -1.94. The van der Waals surface area contributed by atoms with Gasteiger partial charge in [0.1, 0.15) is 11.8 Å². The highest BCUT2D eigenvalue weighted by Gasteiger charge is 2.08. The fourth-order valence-electron chi connectivity index (χ4n) is 1.62. The Bertz CT molecular complexity index is 696. The predicted molar refractivity (Wildman–Crippen MR) is 90.5 cm³/mol. The van der Waals surface area contributed by atoms with Gasteiger partial charge in [0.25, 0.3) is 0 Å². The summed E-state index contributed by atoms with van der Waals surface area (Å²) in [5.41, 5.74) is 2.35. The summed E-state index contributed by atoms with van der Waals surface area (Å²) >= 11 is 10.3. The summed E-state index contributed by atoms with van der Waals surface area (Å²) in [6.45, 7) is 0. The van der Waals surface area contributed by atoms with E-state index in [-0.39, 0.29) is 0 Å². The number of hydrogen-bond donors (Lipinski definition) is 1. The molecule has 1 N–H and O–H groups in total. The van der Waals surface area contributed by atoms with Crippen LogP contribution in [0.25, 0.3) is 0 Å². The number of halogens is 3. The molecule has 0 radical (unpaired) electrons. The van der Waals surface area contributed by atoms with Crippen LogP contribution in [-0.2, 0) is 0 Å². The van der Waals surface area contributed by atoms with Crippen LogP contribution in [0.2, 0.25) is 0 Å². The molecule has 0 unspecified atom stereocenters. The highest BCUT2D eigenvalue weighted by Crippen LogP contribution is 2.36. The van der Waals surface area contributed by atoms with E-state index < -0.39 is 0 Å². The normalized spacial score (nSPS) is 9.95. The van der Waals surface area contributed by atoms with Gasteiger partial charge in [0.15, 0.2) is 0 Å². The zero-order chi connectivity index (χ0) is 14.7. The van der Waals surface area contributed by atoms with Crippen molar-refractivity contribution in [3.8, 4) is 11.8 Å². The largest absolute Gasteiger partial charge is 0.495 e. The third-order valence-electron chi connectivity index (χ3n) is 2.61. The van der Waals surface area contributed by atoms with Gasteiger partial charge in [-0.15, -0.1) is 0 Å².